The van der Waals surface area contributed by atoms with Crippen molar-refractivity contribution >= 4 is 18.0 Å². The van der Waals surface area contributed by atoms with Gasteiger partial charge in [0.15, 0.2) is 0 Å². The summed E-state index contributed by atoms with van der Waals surface area (Å²) >= 11 is 0. The molecular weight excluding hydrogens is 338 g/mol. The Hall–Kier alpha value is -2.57. The third-order valence-corrected chi connectivity index (χ3v) is 4.38. The molecule has 0 saturated carbocycles. The number of benzene rings is 1. The average Bonchev–Trinajstić information content (AvgIpc) is 2.61. The van der Waals surface area contributed by atoms with Crippen LogP contribution in [0.5, 0.6) is 0 Å². The number of rotatable bonds is 8. The van der Waals surface area contributed by atoms with E-state index in [1.807, 2.05) is 6.92 Å². The summed E-state index contributed by atoms with van der Waals surface area (Å²) in [6.45, 7) is 5.85. The lowest BCUT2D eigenvalue weighted by molar-refractivity contribution is -0.148. The van der Waals surface area contributed by atoms with Gasteiger partial charge in [0.05, 0.1) is 19.3 Å². The smallest absolute Gasteiger partial charge is 0.410 e. The molecule has 0 aliphatic rings. The number of likely N-dealkylation sites (N-methyl/N-ethyl adjacent to an activating group) is 1. The fourth-order valence-electron chi connectivity index (χ4n) is 2.76. The van der Waals surface area contributed by atoms with Gasteiger partial charge in [-0.3, -0.25) is 4.90 Å². The average molecular weight is 365 g/mol. The van der Waals surface area contributed by atoms with Gasteiger partial charge in [0.25, 0.3) is 0 Å². The monoisotopic (exact) mass is 365 g/mol. The molecule has 144 valence electrons. The molecule has 0 saturated heterocycles. The van der Waals surface area contributed by atoms with Crippen LogP contribution in [0.1, 0.15) is 49.5 Å². The van der Waals surface area contributed by atoms with Gasteiger partial charge in [0.1, 0.15) is 6.04 Å². The Labute approximate surface area is 153 Å². The van der Waals surface area contributed by atoms with Crippen molar-refractivity contribution in [2.45, 2.75) is 45.1 Å². The Kier molecular flexibility index (Phi) is 7.61. The van der Waals surface area contributed by atoms with Gasteiger partial charge in [0.2, 0.25) is 0 Å². The number of carboxylic acid groups (broad SMARTS) is 1. The second-order valence-electron chi connectivity index (χ2n) is 6.61. The Balaban J connectivity index is 3.14. The SMILES string of the molecule is CCCCOC(=O)N(C)[C@H](C(=O)OC)C(C)(C)c1ccc(C(=O)O)cc1. The van der Waals surface area contributed by atoms with Crippen molar-refractivity contribution in [3.05, 3.63) is 35.4 Å². The number of methoxy groups -OCH3 is 1. The van der Waals surface area contributed by atoms with Crippen LogP contribution in [-0.2, 0) is 19.7 Å². The zero-order chi connectivity index (χ0) is 19.9. The zero-order valence-corrected chi connectivity index (χ0v) is 15.9. The first kappa shape index (κ1) is 21.5. The van der Waals surface area contributed by atoms with Gasteiger partial charge in [0, 0.05) is 12.5 Å². The van der Waals surface area contributed by atoms with E-state index in [9.17, 15) is 14.4 Å². The van der Waals surface area contributed by atoms with E-state index in [1.54, 1.807) is 26.0 Å². The molecule has 0 radical (unpaired) electrons. The van der Waals surface area contributed by atoms with Gasteiger partial charge in [-0.05, 0) is 24.1 Å². The van der Waals surface area contributed by atoms with Crippen LogP contribution in [0.3, 0.4) is 0 Å². The van der Waals surface area contributed by atoms with Crippen molar-refractivity contribution in [1.82, 2.24) is 4.90 Å². The summed E-state index contributed by atoms with van der Waals surface area (Å²) in [7, 11) is 2.75. The van der Waals surface area contributed by atoms with E-state index in [-0.39, 0.29) is 12.2 Å². The first-order valence-corrected chi connectivity index (χ1v) is 8.48. The third-order valence-electron chi connectivity index (χ3n) is 4.38. The Morgan fingerprint density at radius 3 is 2.23 bits per heavy atom. The molecular formula is C19H27NO6. The van der Waals surface area contributed by atoms with E-state index < -0.39 is 29.5 Å². The second-order valence-corrected chi connectivity index (χ2v) is 6.61. The van der Waals surface area contributed by atoms with Gasteiger partial charge in [-0.15, -0.1) is 0 Å². The van der Waals surface area contributed by atoms with Crippen molar-refractivity contribution in [3.8, 4) is 0 Å². The summed E-state index contributed by atoms with van der Waals surface area (Å²) in [5.41, 5.74) is 0.0143. The number of esters is 1. The highest BCUT2D eigenvalue weighted by atomic mass is 16.6. The highest BCUT2D eigenvalue weighted by Crippen LogP contribution is 2.31. The second kappa shape index (κ2) is 9.22. The van der Waals surface area contributed by atoms with E-state index in [1.165, 1.54) is 31.2 Å². The first-order chi connectivity index (χ1) is 12.2. The van der Waals surface area contributed by atoms with Gasteiger partial charge >= 0.3 is 18.0 Å². The predicted octanol–water partition coefficient (Wildman–Crippen LogP) is 3.07. The molecule has 0 spiro atoms. The minimum atomic E-state index is -1.03. The van der Waals surface area contributed by atoms with E-state index in [2.05, 4.69) is 0 Å². The van der Waals surface area contributed by atoms with Crippen molar-refractivity contribution in [2.75, 3.05) is 20.8 Å². The molecule has 7 heteroatoms. The van der Waals surface area contributed by atoms with Crippen molar-refractivity contribution in [3.63, 3.8) is 0 Å². The minimum absolute atomic E-state index is 0.145. The van der Waals surface area contributed by atoms with Crippen LogP contribution in [0.15, 0.2) is 24.3 Å². The van der Waals surface area contributed by atoms with Crippen LogP contribution in [0, 0.1) is 0 Å². The number of hydrogen-bond donors (Lipinski definition) is 1. The van der Waals surface area contributed by atoms with Gasteiger partial charge in [-0.1, -0.05) is 39.3 Å². The standard InChI is InChI=1S/C19H27NO6/c1-6-7-12-26-18(24)20(4)15(17(23)25-5)19(2,3)14-10-8-13(9-11-14)16(21)22/h8-11,15H,6-7,12H2,1-5H3,(H,21,22)/t15-/m1/s1. The molecule has 0 bridgehead atoms. The van der Waals surface area contributed by atoms with Crippen molar-refractivity contribution in [2.24, 2.45) is 0 Å². The summed E-state index contributed by atoms with van der Waals surface area (Å²) in [4.78, 5) is 37.0. The summed E-state index contributed by atoms with van der Waals surface area (Å²) in [6.07, 6.45) is 1.02. The lowest BCUT2D eigenvalue weighted by Crippen LogP contribution is -2.53. The molecule has 0 heterocycles. The number of unbranched alkanes of at least 4 members (excludes halogenated alkanes) is 1. The molecule has 1 atom stereocenters. The summed E-state index contributed by atoms with van der Waals surface area (Å²) in [5, 5.41) is 9.03. The molecule has 0 unspecified atom stereocenters. The molecule has 26 heavy (non-hydrogen) atoms. The maximum atomic E-state index is 12.4. The number of amides is 1. The first-order valence-electron chi connectivity index (χ1n) is 8.48. The Morgan fingerprint density at radius 1 is 1.19 bits per heavy atom. The van der Waals surface area contributed by atoms with Gasteiger partial charge in [-0.25, -0.2) is 14.4 Å². The Bertz CT molecular complexity index is 638. The summed E-state index contributed by atoms with van der Waals surface area (Å²) in [5.74, 6) is -1.61. The minimum Gasteiger partial charge on any atom is -0.478 e. The van der Waals surface area contributed by atoms with Crippen molar-refractivity contribution < 1.29 is 29.0 Å². The molecule has 1 rings (SSSR count). The largest absolute Gasteiger partial charge is 0.478 e. The van der Waals surface area contributed by atoms with Crippen LogP contribution >= 0.6 is 0 Å². The molecule has 0 aliphatic carbocycles. The topological polar surface area (TPSA) is 93.1 Å². The molecule has 1 amide bonds. The normalized spacial score (nSPS) is 12.2. The summed E-state index contributed by atoms with van der Waals surface area (Å²) < 4.78 is 10.1. The molecule has 0 fully saturated rings. The lowest BCUT2D eigenvalue weighted by atomic mass is 9.77. The van der Waals surface area contributed by atoms with Crippen LogP contribution in [0.25, 0.3) is 0 Å². The number of nitrogens with zero attached hydrogens (tertiary/aromatic N) is 1. The molecule has 1 aromatic carbocycles. The fourth-order valence-corrected chi connectivity index (χ4v) is 2.76. The molecule has 0 aliphatic heterocycles. The van der Waals surface area contributed by atoms with Gasteiger partial charge < -0.3 is 14.6 Å². The molecule has 1 aromatic rings. The highest BCUT2D eigenvalue weighted by molar-refractivity contribution is 5.87. The van der Waals surface area contributed by atoms with Crippen LogP contribution < -0.4 is 0 Å². The van der Waals surface area contributed by atoms with Crippen LogP contribution in [0.4, 0.5) is 4.79 Å². The zero-order valence-electron chi connectivity index (χ0n) is 15.9. The number of ether oxygens (including phenoxy) is 2. The predicted molar refractivity (Wildman–Crippen MR) is 96.3 cm³/mol. The number of carbonyl (C=O) groups excluding carboxylic acids is 2. The number of aromatic carboxylic acids is 1. The number of carbonyl (C=O) groups is 3. The summed E-state index contributed by atoms with van der Waals surface area (Å²) in [6, 6.07) is 5.27. The van der Waals surface area contributed by atoms with E-state index >= 15 is 0 Å². The molecule has 7 nitrogen and oxygen atoms in total. The molecule has 1 N–H and O–H groups in total. The fraction of sp³-hybridized carbons (Fsp3) is 0.526. The van der Waals surface area contributed by atoms with Crippen LogP contribution in [-0.4, -0.2) is 54.8 Å². The lowest BCUT2D eigenvalue weighted by Gasteiger charge is -2.38. The van der Waals surface area contributed by atoms with Crippen LogP contribution in [0.2, 0.25) is 0 Å². The van der Waals surface area contributed by atoms with E-state index in [4.69, 9.17) is 14.6 Å². The molecule has 0 aromatic heterocycles. The van der Waals surface area contributed by atoms with Gasteiger partial charge in [-0.2, -0.15) is 0 Å². The third kappa shape index (κ3) is 4.97. The Morgan fingerprint density at radius 2 is 1.77 bits per heavy atom. The number of hydrogen-bond acceptors (Lipinski definition) is 5. The van der Waals surface area contributed by atoms with E-state index in [0.29, 0.717) is 5.56 Å². The quantitative estimate of drug-likeness (QED) is 0.562. The maximum absolute atomic E-state index is 12.4. The highest BCUT2D eigenvalue weighted by Gasteiger charge is 2.43. The van der Waals surface area contributed by atoms with Crippen molar-refractivity contribution in [1.29, 1.82) is 0 Å². The number of carboxylic acids is 1. The van der Waals surface area contributed by atoms with E-state index in [0.717, 1.165) is 12.8 Å². The maximum Gasteiger partial charge on any atom is 0.410 e.